The first-order valence-corrected chi connectivity index (χ1v) is 11.2. The number of aromatic nitrogens is 3. The predicted octanol–water partition coefficient (Wildman–Crippen LogP) is 2.55. The molecule has 1 N–H and O–H groups in total. The van der Waals surface area contributed by atoms with E-state index in [-0.39, 0.29) is 35.2 Å². The van der Waals surface area contributed by atoms with Crippen LogP contribution in [0.4, 0.5) is 4.39 Å². The van der Waals surface area contributed by atoms with Crippen LogP contribution in [0.1, 0.15) is 17.0 Å². The molecule has 0 aliphatic carbocycles. The third kappa shape index (κ3) is 4.11. The van der Waals surface area contributed by atoms with Crippen molar-refractivity contribution >= 4 is 21.6 Å². The lowest BCUT2D eigenvalue weighted by Crippen LogP contribution is -2.36. The van der Waals surface area contributed by atoms with Gasteiger partial charge in [-0.05, 0) is 11.6 Å². The highest BCUT2D eigenvalue weighted by Crippen LogP contribution is 2.31. The first-order chi connectivity index (χ1) is 14.4. The van der Waals surface area contributed by atoms with E-state index in [9.17, 15) is 12.8 Å². The lowest BCUT2D eigenvalue weighted by molar-refractivity contribution is 0.451. The number of imidazole rings is 1. The summed E-state index contributed by atoms with van der Waals surface area (Å²) in [6.07, 6.45) is 4.40. The summed E-state index contributed by atoms with van der Waals surface area (Å²) in [7, 11) is -2.01. The fourth-order valence-corrected chi connectivity index (χ4v) is 5.33. The summed E-state index contributed by atoms with van der Waals surface area (Å²) in [6.45, 7) is 0.763. The minimum absolute atomic E-state index is 0.0180. The van der Waals surface area contributed by atoms with Gasteiger partial charge in [0.05, 0.1) is 6.33 Å². The lowest BCUT2D eigenvalue weighted by Gasteiger charge is -2.20. The van der Waals surface area contributed by atoms with Crippen molar-refractivity contribution in [1.82, 2.24) is 24.2 Å². The first-order valence-electron chi connectivity index (χ1n) is 9.41. The summed E-state index contributed by atoms with van der Waals surface area (Å²) in [4.78, 5) is 7.74. The predicted molar refractivity (Wildman–Crippen MR) is 111 cm³/mol. The van der Waals surface area contributed by atoms with E-state index in [0.717, 1.165) is 5.56 Å². The van der Waals surface area contributed by atoms with E-state index in [1.165, 1.54) is 23.0 Å². The Kier molecular flexibility index (Phi) is 5.88. The SMILES string of the molecule is Cn1cnc(S(=O)(=O)N2C[C@H](NCc3ccnc(Cl)c3F)[C@@H](c3ccccc3)C2)c1. The van der Waals surface area contributed by atoms with E-state index in [1.807, 2.05) is 30.3 Å². The average molecular weight is 450 g/mol. The number of sulfonamides is 1. The first kappa shape index (κ1) is 20.9. The van der Waals surface area contributed by atoms with Crippen molar-refractivity contribution in [3.05, 3.63) is 77.2 Å². The summed E-state index contributed by atoms with van der Waals surface area (Å²) in [5.41, 5.74) is 1.40. The molecule has 0 radical (unpaired) electrons. The summed E-state index contributed by atoms with van der Waals surface area (Å²) < 4.78 is 43.4. The number of hydrogen-bond acceptors (Lipinski definition) is 5. The van der Waals surface area contributed by atoms with Gasteiger partial charge >= 0.3 is 0 Å². The van der Waals surface area contributed by atoms with E-state index in [0.29, 0.717) is 12.1 Å². The van der Waals surface area contributed by atoms with Gasteiger partial charge in [-0.3, -0.25) is 0 Å². The Labute approximate surface area is 179 Å². The Morgan fingerprint density at radius 2 is 1.97 bits per heavy atom. The molecule has 2 atom stereocenters. The second-order valence-corrected chi connectivity index (χ2v) is 9.52. The number of rotatable bonds is 6. The Hall–Kier alpha value is -2.33. The zero-order chi connectivity index (χ0) is 21.3. The van der Waals surface area contributed by atoms with Crippen LogP contribution in [-0.4, -0.2) is 46.4 Å². The van der Waals surface area contributed by atoms with Gasteiger partial charge in [-0.15, -0.1) is 0 Å². The Bertz CT molecular complexity index is 1140. The van der Waals surface area contributed by atoms with Gasteiger partial charge in [-0.1, -0.05) is 41.9 Å². The molecule has 4 rings (SSSR count). The molecule has 3 heterocycles. The van der Waals surface area contributed by atoms with Gasteiger partial charge in [0.25, 0.3) is 10.0 Å². The molecular formula is C20H21ClFN5O2S. The third-order valence-electron chi connectivity index (χ3n) is 5.28. The molecule has 0 bridgehead atoms. The Balaban J connectivity index is 1.59. The van der Waals surface area contributed by atoms with Crippen molar-refractivity contribution in [1.29, 1.82) is 0 Å². The van der Waals surface area contributed by atoms with E-state index in [4.69, 9.17) is 11.6 Å². The standard InChI is InChI=1S/C20H21ClFN5O2S/c1-26-12-18(25-13-26)30(28,29)27-10-16(14-5-3-2-4-6-14)17(11-27)24-9-15-7-8-23-20(21)19(15)22/h2-8,12-13,16-17,24H,9-11H2,1H3/t16-,17+/m1/s1. The molecule has 0 saturated carbocycles. The maximum atomic E-state index is 14.2. The van der Waals surface area contributed by atoms with Gasteiger partial charge < -0.3 is 9.88 Å². The maximum Gasteiger partial charge on any atom is 0.262 e. The van der Waals surface area contributed by atoms with Crippen LogP contribution in [0, 0.1) is 5.82 Å². The molecule has 1 saturated heterocycles. The normalized spacial score (nSPS) is 20.0. The fourth-order valence-electron chi connectivity index (χ4n) is 3.70. The average Bonchev–Trinajstić information content (AvgIpc) is 3.37. The molecule has 158 valence electrons. The smallest absolute Gasteiger partial charge is 0.262 e. The molecular weight excluding hydrogens is 429 g/mol. The number of aryl methyl sites for hydroxylation is 1. The molecule has 1 fully saturated rings. The van der Waals surface area contributed by atoms with Crippen LogP contribution in [0.15, 0.2) is 60.1 Å². The topological polar surface area (TPSA) is 80.1 Å². The van der Waals surface area contributed by atoms with Crippen LogP contribution < -0.4 is 5.32 Å². The van der Waals surface area contributed by atoms with Crippen LogP contribution in [0.25, 0.3) is 0 Å². The van der Waals surface area contributed by atoms with E-state index < -0.39 is 15.8 Å². The van der Waals surface area contributed by atoms with E-state index in [2.05, 4.69) is 15.3 Å². The molecule has 10 heteroatoms. The minimum atomic E-state index is -3.73. The van der Waals surface area contributed by atoms with Crippen molar-refractivity contribution in [2.24, 2.45) is 7.05 Å². The molecule has 7 nitrogen and oxygen atoms in total. The molecule has 1 aliphatic rings. The van der Waals surface area contributed by atoms with Gasteiger partial charge in [0, 0.05) is 56.6 Å². The monoisotopic (exact) mass is 449 g/mol. The van der Waals surface area contributed by atoms with Crippen LogP contribution >= 0.6 is 11.6 Å². The zero-order valence-corrected chi connectivity index (χ0v) is 17.8. The van der Waals surface area contributed by atoms with Crippen molar-refractivity contribution in [2.75, 3.05) is 13.1 Å². The van der Waals surface area contributed by atoms with Gasteiger partial charge in [0.1, 0.15) is 0 Å². The Morgan fingerprint density at radius 1 is 1.20 bits per heavy atom. The third-order valence-corrected chi connectivity index (χ3v) is 7.26. The van der Waals surface area contributed by atoms with Gasteiger partial charge in [-0.25, -0.2) is 22.8 Å². The molecule has 1 aliphatic heterocycles. The molecule has 0 spiro atoms. The summed E-state index contributed by atoms with van der Waals surface area (Å²) >= 11 is 5.78. The fraction of sp³-hybridized carbons (Fsp3) is 0.300. The summed E-state index contributed by atoms with van der Waals surface area (Å²) in [5, 5.41) is 3.15. The second kappa shape index (κ2) is 8.43. The molecule has 30 heavy (non-hydrogen) atoms. The van der Waals surface area contributed by atoms with Crippen LogP contribution in [-0.2, 0) is 23.6 Å². The van der Waals surface area contributed by atoms with Crippen molar-refractivity contribution in [2.45, 2.75) is 23.5 Å². The van der Waals surface area contributed by atoms with Crippen LogP contribution in [0.2, 0.25) is 5.15 Å². The maximum absolute atomic E-state index is 14.2. The quantitative estimate of drug-likeness (QED) is 0.585. The highest BCUT2D eigenvalue weighted by Gasteiger charge is 2.40. The number of nitrogens with one attached hydrogen (secondary N) is 1. The number of benzene rings is 1. The van der Waals surface area contributed by atoms with Crippen molar-refractivity contribution in [3.63, 3.8) is 0 Å². The highest BCUT2D eigenvalue weighted by molar-refractivity contribution is 7.89. The molecule has 0 unspecified atom stereocenters. The molecule has 1 aromatic carbocycles. The van der Waals surface area contributed by atoms with E-state index >= 15 is 0 Å². The van der Waals surface area contributed by atoms with Gasteiger partial charge in [-0.2, -0.15) is 4.31 Å². The van der Waals surface area contributed by atoms with Crippen molar-refractivity contribution in [3.8, 4) is 0 Å². The number of pyridine rings is 1. The van der Waals surface area contributed by atoms with Gasteiger partial charge in [0.15, 0.2) is 16.0 Å². The van der Waals surface area contributed by atoms with Crippen LogP contribution in [0.5, 0.6) is 0 Å². The lowest BCUT2D eigenvalue weighted by atomic mass is 9.94. The second-order valence-electron chi connectivity index (χ2n) is 7.28. The van der Waals surface area contributed by atoms with Crippen molar-refractivity contribution < 1.29 is 12.8 Å². The minimum Gasteiger partial charge on any atom is -0.339 e. The molecule has 2 aromatic heterocycles. The summed E-state index contributed by atoms with van der Waals surface area (Å²) in [6, 6.07) is 11.0. The van der Waals surface area contributed by atoms with Gasteiger partial charge in [0.2, 0.25) is 0 Å². The number of hydrogen-bond donors (Lipinski definition) is 1. The Morgan fingerprint density at radius 3 is 2.67 bits per heavy atom. The highest BCUT2D eigenvalue weighted by atomic mass is 35.5. The zero-order valence-electron chi connectivity index (χ0n) is 16.2. The summed E-state index contributed by atoms with van der Waals surface area (Å²) in [5.74, 6) is -0.663. The van der Waals surface area contributed by atoms with E-state index in [1.54, 1.807) is 17.7 Å². The van der Waals surface area contributed by atoms with Crippen LogP contribution in [0.3, 0.4) is 0 Å². The molecule has 3 aromatic rings. The molecule has 0 amide bonds. The number of halogens is 2. The number of nitrogens with zero attached hydrogens (tertiary/aromatic N) is 4. The largest absolute Gasteiger partial charge is 0.339 e.